The van der Waals surface area contributed by atoms with E-state index < -0.39 is 23.6 Å². The van der Waals surface area contributed by atoms with Gasteiger partial charge < -0.3 is 5.32 Å². The second-order valence-electron chi connectivity index (χ2n) is 8.06. The number of hydrogen-bond donors (Lipinski definition) is 2. The van der Waals surface area contributed by atoms with Crippen molar-refractivity contribution in [2.75, 3.05) is 5.75 Å². The second kappa shape index (κ2) is 6.83. The van der Waals surface area contributed by atoms with Gasteiger partial charge in [0.15, 0.2) is 11.6 Å². The SMILES string of the molecule is O=C(CSc1ccc(F)c(F)c1)NC(=O)NC12CC3CC(CC(C3)C1)C2. The summed E-state index contributed by atoms with van der Waals surface area (Å²) in [6.45, 7) is 0. The molecule has 0 radical (unpaired) electrons. The Morgan fingerprint density at radius 2 is 1.65 bits per heavy atom. The molecule has 0 atom stereocenters. The van der Waals surface area contributed by atoms with Gasteiger partial charge in [-0.05, 0) is 74.5 Å². The number of carbonyl (C=O) groups is 2. The van der Waals surface area contributed by atoms with Gasteiger partial charge in [0.2, 0.25) is 5.91 Å². The fraction of sp³-hybridized carbons (Fsp3) is 0.579. The lowest BCUT2D eigenvalue weighted by atomic mass is 9.53. The normalized spacial score (nSPS) is 31.7. The van der Waals surface area contributed by atoms with Crippen LogP contribution in [-0.2, 0) is 4.79 Å². The summed E-state index contributed by atoms with van der Waals surface area (Å²) in [5.74, 6) is -0.214. The Morgan fingerprint density at radius 1 is 1.04 bits per heavy atom. The van der Waals surface area contributed by atoms with E-state index in [1.807, 2.05) is 0 Å². The predicted molar refractivity (Wildman–Crippen MR) is 94.7 cm³/mol. The number of urea groups is 1. The van der Waals surface area contributed by atoms with Crippen molar-refractivity contribution in [2.24, 2.45) is 17.8 Å². The number of hydrogen-bond acceptors (Lipinski definition) is 3. The van der Waals surface area contributed by atoms with Crippen LogP contribution in [0.1, 0.15) is 38.5 Å². The van der Waals surface area contributed by atoms with Crippen LogP contribution in [0.15, 0.2) is 23.1 Å². The largest absolute Gasteiger partial charge is 0.332 e. The van der Waals surface area contributed by atoms with Crippen LogP contribution in [0.2, 0.25) is 0 Å². The number of carbonyl (C=O) groups excluding carboxylic acids is 2. The van der Waals surface area contributed by atoms with Crippen LogP contribution in [0.4, 0.5) is 13.6 Å². The molecule has 4 nitrogen and oxygen atoms in total. The molecule has 0 saturated heterocycles. The van der Waals surface area contributed by atoms with Crippen LogP contribution in [0.25, 0.3) is 0 Å². The molecule has 4 fully saturated rings. The lowest BCUT2D eigenvalue weighted by Gasteiger charge is -2.56. The summed E-state index contributed by atoms with van der Waals surface area (Å²) in [4.78, 5) is 24.7. The Morgan fingerprint density at radius 3 is 2.23 bits per heavy atom. The number of imide groups is 1. The van der Waals surface area contributed by atoms with E-state index in [1.54, 1.807) is 0 Å². The Hall–Kier alpha value is -1.63. The molecule has 3 amide bonds. The van der Waals surface area contributed by atoms with E-state index in [2.05, 4.69) is 10.6 Å². The van der Waals surface area contributed by atoms with Crippen LogP contribution >= 0.6 is 11.8 Å². The first kappa shape index (κ1) is 17.8. The monoisotopic (exact) mass is 380 g/mol. The van der Waals surface area contributed by atoms with Gasteiger partial charge in [0, 0.05) is 10.4 Å². The van der Waals surface area contributed by atoms with E-state index in [9.17, 15) is 18.4 Å². The van der Waals surface area contributed by atoms with Gasteiger partial charge in [0.25, 0.3) is 0 Å². The van der Waals surface area contributed by atoms with Gasteiger partial charge >= 0.3 is 6.03 Å². The molecule has 0 aliphatic heterocycles. The van der Waals surface area contributed by atoms with Gasteiger partial charge in [0.05, 0.1) is 5.75 Å². The van der Waals surface area contributed by atoms with Gasteiger partial charge in [-0.3, -0.25) is 10.1 Å². The third-order valence-electron chi connectivity index (χ3n) is 5.93. The molecule has 0 spiro atoms. The molecule has 0 unspecified atom stereocenters. The number of rotatable bonds is 4. The van der Waals surface area contributed by atoms with Gasteiger partial charge in [-0.25, -0.2) is 13.6 Å². The predicted octanol–water partition coefficient (Wildman–Crippen LogP) is 3.85. The third kappa shape index (κ3) is 3.72. The smallest absolute Gasteiger partial charge is 0.321 e. The molecule has 4 bridgehead atoms. The maximum Gasteiger partial charge on any atom is 0.321 e. The van der Waals surface area contributed by atoms with Crippen molar-refractivity contribution in [3.8, 4) is 0 Å². The van der Waals surface area contributed by atoms with Crippen LogP contribution in [-0.4, -0.2) is 23.2 Å². The summed E-state index contributed by atoms with van der Waals surface area (Å²) in [6.07, 6.45) is 6.91. The van der Waals surface area contributed by atoms with E-state index in [1.165, 1.54) is 25.3 Å². The van der Waals surface area contributed by atoms with Crippen molar-refractivity contribution < 1.29 is 18.4 Å². The van der Waals surface area contributed by atoms with Crippen molar-refractivity contribution in [3.63, 3.8) is 0 Å². The number of benzene rings is 1. The number of nitrogens with one attached hydrogen (secondary N) is 2. The number of amides is 3. The van der Waals surface area contributed by atoms with Gasteiger partial charge in [-0.15, -0.1) is 11.8 Å². The molecule has 1 aromatic carbocycles. The van der Waals surface area contributed by atoms with E-state index in [4.69, 9.17) is 0 Å². The zero-order valence-corrected chi connectivity index (χ0v) is 15.2. The second-order valence-corrected chi connectivity index (χ2v) is 9.11. The maximum absolute atomic E-state index is 13.2. The molecule has 7 heteroatoms. The lowest BCUT2D eigenvalue weighted by molar-refractivity contribution is -0.117. The quantitative estimate of drug-likeness (QED) is 0.780. The topological polar surface area (TPSA) is 58.2 Å². The van der Waals surface area contributed by atoms with E-state index in [0.717, 1.165) is 43.2 Å². The maximum atomic E-state index is 13.2. The molecule has 2 N–H and O–H groups in total. The Balaban J connectivity index is 1.28. The minimum Gasteiger partial charge on any atom is -0.332 e. The molecule has 140 valence electrons. The summed E-state index contributed by atoms with van der Waals surface area (Å²) in [5.41, 5.74) is -0.146. The van der Waals surface area contributed by atoms with Gasteiger partial charge in [0.1, 0.15) is 0 Å². The summed E-state index contributed by atoms with van der Waals surface area (Å²) in [7, 11) is 0. The summed E-state index contributed by atoms with van der Waals surface area (Å²) in [6, 6.07) is 3.03. The highest BCUT2D eigenvalue weighted by atomic mass is 32.2. The average Bonchev–Trinajstić information content (AvgIpc) is 2.54. The van der Waals surface area contributed by atoms with E-state index >= 15 is 0 Å². The standard InChI is InChI=1S/C19H22F2N2O2S/c20-15-2-1-14(6-16(15)21)26-10-17(24)22-18(25)23-19-7-11-3-12(8-19)5-13(4-11)9-19/h1-2,6,11-13H,3-5,7-10H2,(H2,22,23,24,25). The van der Waals surface area contributed by atoms with Crippen LogP contribution in [0, 0.1) is 29.4 Å². The van der Waals surface area contributed by atoms with Crippen LogP contribution in [0.3, 0.4) is 0 Å². The molecule has 1 aromatic rings. The van der Waals surface area contributed by atoms with Gasteiger partial charge in [-0.1, -0.05) is 0 Å². The van der Waals surface area contributed by atoms with Crippen molar-refractivity contribution in [1.82, 2.24) is 10.6 Å². The molecule has 4 aliphatic rings. The minimum absolute atomic E-state index is 0.0284. The van der Waals surface area contributed by atoms with Crippen LogP contribution < -0.4 is 10.6 Å². The Kier molecular flexibility index (Phi) is 4.67. The Bertz CT molecular complexity index is 705. The van der Waals surface area contributed by atoms with Crippen molar-refractivity contribution in [1.29, 1.82) is 0 Å². The number of thioether (sulfide) groups is 1. The molecule has 0 heterocycles. The highest BCUT2D eigenvalue weighted by Crippen LogP contribution is 2.55. The van der Waals surface area contributed by atoms with E-state index in [0.29, 0.717) is 22.6 Å². The minimum atomic E-state index is -0.949. The Labute approximate surface area is 155 Å². The van der Waals surface area contributed by atoms with Crippen molar-refractivity contribution in [3.05, 3.63) is 29.8 Å². The third-order valence-corrected chi connectivity index (χ3v) is 6.92. The first-order valence-electron chi connectivity index (χ1n) is 9.11. The zero-order chi connectivity index (χ0) is 18.3. The fourth-order valence-corrected chi connectivity index (χ4v) is 6.14. The number of halogens is 2. The molecular weight excluding hydrogens is 358 g/mol. The van der Waals surface area contributed by atoms with E-state index in [-0.39, 0.29) is 11.3 Å². The molecular formula is C19H22F2N2O2S. The lowest BCUT2D eigenvalue weighted by Crippen LogP contribution is -2.61. The fourth-order valence-electron chi connectivity index (χ4n) is 5.41. The average molecular weight is 380 g/mol. The summed E-state index contributed by atoms with van der Waals surface area (Å²) < 4.78 is 26.1. The highest BCUT2D eigenvalue weighted by Gasteiger charge is 2.51. The van der Waals surface area contributed by atoms with Crippen LogP contribution in [0.5, 0.6) is 0 Å². The first-order chi connectivity index (χ1) is 12.4. The molecule has 0 aromatic heterocycles. The zero-order valence-electron chi connectivity index (χ0n) is 14.4. The summed E-state index contributed by atoms with van der Waals surface area (Å²) in [5, 5.41) is 5.45. The van der Waals surface area contributed by atoms with Gasteiger partial charge in [-0.2, -0.15) is 0 Å². The molecule has 4 aliphatic carbocycles. The van der Waals surface area contributed by atoms with Crippen molar-refractivity contribution in [2.45, 2.75) is 49.0 Å². The molecule has 26 heavy (non-hydrogen) atoms. The first-order valence-corrected chi connectivity index (χ1v) is 10.1. The summed E-state index contributed by atoms with van der Waals surface area (Å²) >= 11 is 1.06. The molecule has 5 rings (SSSR count). The molecule has 4 saturated carbocycles. The highest BCUT2D eigenvalue weighted by molar-refractivity contribution is 8.00. The van der Waals surface area contributed by atoms with Crippen molar-refractivity contribution >= 4 is 23.7 Å².